The van der Waals surface area contributed by atoms with E-state index in [0.717, 1.165) is 0 Å². The second kappa shape index (κ2) is 7.14. The molecule has 0 saturated carbocycles. The molecule has 21 heavy (non-hydrogen) atoms. The molecule has 6 heteroatoms. The van der Waals surface area contributed by atoms with E-state index in [9.17, 15) is 0 Å². The number of pyridine rings is 1. The van der Waals surface area contributed by atoms with Gasteiger partial charge in [-0.05, 0) is 12.1 Å². The number of hydrazone groups is 1. The first-order chi connectivity index (χ1) is 10.3. The first kappa shape index (κ1) is 14.6. The van der Waals surface area contributed by atoms with Crippen molar-refractivity contribution in [3.63, 3.8) is 0 Å². The highest BCUT2D eigenvalue weighted by Gasteiger charge is 2.11. The van der Waals surface area contributed by atoms with Gasteiger partial charge in [0.25, 0.3) is 0 Å². The number of methoxy groups -OCH3 is 3. The fraction of sp³-hybridized carbons (Fsp3) is 0.200. The van der Waals surface area contributed by atoms with Gasteiger partial charge in [0.1, 0.15) is 23.1 Å². The van der Waals surface area contributed by atoms with E-state index >= 15 is 0 Å². The third-order valence-electron chi connectivity index (χ3n) is 2.79. The van der Waals surface area contributed by atoms with Gasteiger partial charge in [-0.25, -0.2) is 4.98 Å². The molecule has 1 aromatic heterocycles. The summed E-state index contributed by atoms with van der Waals surface area (Å²) in [6.45, 7) is 0. The summed E-state index contributed by atoms with van der Waals surface area (Å²) in [5.41, 5.74) is 3.55. The van der Waals surface area contributed by atoms with Crippen LogP contribution in [0.3, 0.4) is 0 Å². The van der Waals surface area contributed by atoms with Gasteiger partial charge in [0.2, 0.25) is 0 Å². The molecule has 0 aliphatic heterocycles. The van der Waals surface area contributed by atoms with E-state index in [1.54, 1.807) is 45.9 Å². The van der Waals surface area contributed by atoms with Gasteiger partial charge in [-0.15, -0.1) is 0 Å². The average Bonchev–Trinajstić information content (AvgIpc) is 2.55. The smallest absolute Gasteiger partial charge is 0.146 e. The summed E-state index contributed by atoms with van der Waals surface area (Å²) in [5.74, 6) is 2.52. The van der Waals surface area contributed by atoms with Gasteiger partial charge in [0, 0.05) is 18.3 Å². The Labute approximate surface area is 123 Å². The van der Waals surface area contributed by atoms with Crippen LogP contribution in [-0.4, -0.2) is 32.5 Å². The summed E-state index contributed by atoms with van der Waals surface area (Å²) in [4.78, 5) is 4.12. The summed E-state index contributed by atoms with van der Waals surface area (Å²) < 4.78 is 15.9. The zero-order valence-electron chi connectivity index (χ0n) is 12.2. The van der Waals surface area contributed by atoms with E-state index < -0.39 is 0 Å². The SMILES string of the molecule is COc1cc(OC)c(C=NNc2ccccn2)c(OC)c1. The molecule has 0 fully saturated rings. The summed E-state index contributed by atoms with van der Waals surface area (Å²) in [6, 6.07) is 9.07. The van der Waals surface area contributed by atoms with Crippen molar-refractivity contribution in [2.75, 3.05) is 26.8 Å². The molecule has 2 rings (SSSR count). The molecule has 1 heterocycles. The molecule has 6 nitrogen and oxygen atoms in total. The maximum Gasteiger partial charge on any atom is 0.146 e. The molecule has 0 atom stereocenters. The Morgan fingerprint density at radius 1 is 1.05 bits per heavy atom. The lowest BCUT2D eigenvalue weighted by molar-refractivity contribution is 0.374. The number of benzene rings is 1. The van der Waals surface area contributed by atoms with Gasteiger partial charge in [-0.3, -0.25) is 5.43 Å². The Bertz CT molecular complexity index is 590. The Morgan fingerprint density at radius 3 is 2.29 bits per heavy atom. The number of hydrogen-bond donors (Lipinski definition) is 1. The Balaban J connectivity index is 2.25. The molecular formula is C15H17N3O3. The highest BCUT2D eigenvalue weighted by atomic mass is 16.5. The Hall–Kier alpha value is -2.76. The predicted molar refractivity (Wildman–Crippen MR) is 81.6 cm³/mol. The second-order valence-corrected chi connectivity index (χ2v) is 4.03. The van der Waals surface area contributed by atoms with E-state index in [0.29, 0.717) is 28.6 Å². The minimum atomic E-state index is 0.609. The standard InChI is InChI=1S/C15H17N3O3/c1-19-11-8-13(20-2)12(14(9-11)21-3)10-17-18-15-6-4-5-7-16-15/h4-10H,1-3H3,(H,16,18). The molecule has 0 aliphatic carbocycles. The number of hydrogen-bond acceptors (Lipinski definition) is 6. The molecule has 0 unspecified atom stereocenters. The number of nitrogens with one attached hydrogen (secondary N) is 1. The highest BCUT2D eigenvalue weighted by molar-refractivity contribution is 5.88. The van der Waals surface area contributed by atoms with Crippen molar-refractivity contribution in [3.8, 4) is 17.2 Å². The number of rotatable bonds is 6. The first-order valence-electron chi connectivity index (χ1n) is 6.28. The van der Waals surface area contributed by atoms with Crippen LogP contribution < -0.4 is 19.6 Å². The van der Waals surface area contributed by atoms with E-state index in [1.807, 2.05) is 18.2 Å². The number of aromatic nitrogens is 1. The molecule has 0 bridgehead atoms. The normalized spacial score (nSPS) is 10.4. The van der Waals surface area contributed by atoms with Crippen LogP contribution in [0.5, 0.6) is 17.2 Å². The van der Waals surface area contributed by atoms with Crippen molar-refractivity contribution in [2.24, 2.45) is 5.10 Å². The van der Waals surface area contributed by atoms with Gasteiger partial charge in [-0.1, -0.05) is 6.07 Å². The van der Waals surface area contributed by atoms with Gasteiger partial charge in [0.05, 0.1) is 33.1 Å². The van der Waals surface area contributed by atoms with Crippen LogP contribution in [0, 0.1) is 0 Å². The van der Waals surface area contributed by atoms with E-state index in [2.05, 4.69) is 15.5 Å². The monoisotopic (exact) mass is 287 g/mol. The van der Waals surface area contributed by atoms with Crippen molar-refractivity contribution in [3.05, 3.63) is 42.1 Å². The van der Waals surface area contributed by atoms with Crippen LogP contribution in [0.2, 0.25) is 0 Å². The van der Waals surface area contributed by atoms with Crippen LogP contribution in [-0.2, 0) is 0 Å². The van der Waals surface area contributed by atoms with Crippen molar-refractivity contribution in [1.29, 1.82) is 0 Å². The second-order valence-electron chi connectivity index (χ2n) is 4.03. The van der Waals surface area contributed by atoms with E-state index in [4.69, 9.17) is 14.2 Å². The minimum absolute atomic E-state index is 0.609. The van der Waals surface area contributed by atoms with Crippen molar-refractivity contribution >= 4 is 12.0 Å². The van der Waals surface area contributed by atoms with Gasteiger partial charge >= 0.3 is 0 Å². The molecule has 0 aliphatic rings. The molecule has 1 N–H and O–H groups in total. The maximum absolute atomic E-state index is 5.34. The largest absolute Gasteiger partial charge is 0.496 e. The maximum atomic E-state index is 5.34. The molecule has 0 saturated heterocycles. The van der Waals surface area contributed by atoms with Crippen molar-refractivity contribution in [1.82, 2.24) is 4.98 Å². The number of anilines is 1. The summed E-state index contributed by atoms with van der Waals surface area (Å²) in [5, 5.41) is 4.15. The quantitative estimate of drug-likeness (QED) is 0.653. The van der Waals surface area contributed by atoms with Crippen molar-refractivity contribution < 1.29 is 14.2 Å². The third kappa shape index (κ3) is 3.62. The topological polar surface area (TPSA) is 65.0 Å². The van der Waals surface area contributed by atoms with Gasteiger partial charge in [0.15, 0.2) is 0 Å². The molecule has 0 radical (unpaired) electrons. The fourth-order valence-electron chi connectivity index (χ4n) is 1.75. The van der Waals surface area contributed by atoms with Crippen LogP contribution in [0.15, 0.2) is 41.6 Å². The average molecular weight is 287 g/mol. The molecule has 2 aromatic rings. The fourth-order valence-corrected chi connectivity index (χ4v) is 1.75. The zero-order valence-corrected chi connectivity index (χ0v) is 12.2. The van der Waals surface area contributed by atoms with Crippen LogP contribution in [0.4, 0.5) is 5.82 Å². The molecule has 0 amide bonds. The number of ether oxygens (including phenoxy) is 3. The third-order valence-corrected chi connectivity index (χ3v) is 2.79. The summed E-state index contributed by atoms with van der Waals surface area (Å²) >= 11 is 0. The molecular weight excluding hydrogens is 270 g/mol. The van der Waals surface area contributed by atoms with Crippen LogP contribution in [0.25, 0.3) is 0 Å². The predicted octanol–water partition coefficient (Wildman–Crippen LogP) is 2.55. The number of nitrogens with zero attached hydrogens (tertiary/aromatic N) is 2. The Morgan fingerprint density at radius 2 is 1.76 bits per heavy atom. The first-order valence-corrected chi connectivity index (χ1v) is 6.28. The summed E-state index contributed by atoms with van der Waals surface area (Å²) in [6.07, 6.45) is 3.30. The van der Waals surface area contributed by atoms with Crippen LogP contribution in [0.1, 0.15) is 5.56 Å². The molecule has 110 valence electrons. The van der Waals surface area contributed by atoms with Gasteiger partial charge in [-0.2, -0.15) is 5.10 Å². The molecule has 1 aromatic carbocycles. The van der Waals surface area contributed by atoms with E-state index in [-0.39, 0.29) is 0 Å². The minimum Gasteiger partial charge on any atom is -0.496 e. The van der Waals surface area contributed by atoms with Crippen LogP contribution >= 0.6 is 0 Å². The van der Waals surface area contributed by atoms with E-state index in [1.165, 1.54) is 0 Å². The van der Waals surface area contributed by atoms with Crippen molar-refractivity contribution in [2.45, 2.75) is 0 Å². The zero-order chi connectivity index (χ0) is 15.1. The lowest BCUT2D eigenvalue weighted by atomic mass is 10.2. The lowest BCUT2D eigenvalue weighted by Gasteiger charge is -2.12. The summed E-state index contributed by atoms with van der Waals surface area (Å²) in [7, 11) is 4.75. The lowest BCUT2D eigenvalue weighted by Crippen LogP contribution is -1.99. The Kier molecular flexibility index (Phi) is 4.98. The highest BCUT2D eigenvalue weighted by Crippen LogP contribution is 2.32. The van der Waals surface area contributed by atoms with Gasteiger partial charge < -0.3 is 14.2 Å². The molecule has 0 spiro atoms.